The lowest BCUT2D eigenvalue weighted by atomic mass is 9.93. The topological polar surface area (TPSA) is 51.2 Å². The van der Waals surface area contributed by atoms with E-state index in [4.69, 9.17) is 16.3 Å². The van der Waals surface area contributed by atoms with E-state index in [0.717, 1.165) is 29.8 Å². The van der Waals surface area contributed by atoms with Crippen LogP contribution in [0.15, 0.2) is 42.5 Å². The molecule has 126 valence electrons. The van der Waals surface area contributed by atoms with E-state index in [1.54, 1.807) is 31.4 Å². The number of carbonyl (C=O) groups is 1. The van der Waals surface area contributed by atoms with Crippen molar-refractivity contribution in [3.63, 3.8) is 0 Å². The Morgan fingerprint density at radius 3 is 2.92 bits per heavy atom. The van der Waals surface area contributed by atoms with Crippen molar-refractivity contribution in [1.29, 1.82) is 0 Å². The van der Waals surface area contributed by atoms with E-state index in [9.17, 15) is 4.79 Å². The summed E-state index contributed by atoms with van der Waals surface area (Å²) in [5, 5.41) is 4.02. The zero-order valence-corrected chi connectivity index (χ0v) is 15.1. The van der Waals surface area contributed by atoms with Gasteiger partial charge in [0.05, 0.1) is 12.8 Å². The molecule has 0 spiro atoms. The largest absolute Gasteiger partial charge is 0.497 e. The van der Waals surface area contributed by atoms with Crippen LogP contribution in [0.3, 0.4) is 0 Å². The molecule has 0 atom stereocenters. The molecule has 0 fully saturated rings. The predicted molar refractivity (Wildman–Crippen MR) is 101 cm³/mol. The van der Waals surface area contributed by atoms with E-state index in [0.29, 0.717) is 15.7 Å². The first kappa shape index (κ1) is 16.1. The number of rotatable bonds is 3. The maximum absolute atomic E-state index is 12.4. The number of methoxy groups -OCH3 is 1. The second-order valence-electron chi connectivity index (χ2n) is 5.78. The Morgan fingerprint density at radius 2 is 2.12 bits per heavy atom. The van der Waals surface area contributed by atoms with Crippen LogP contribution in [0.1, 0.15) is 20.8 Å². The van der Waals surface area contributed by atoms with Crippen LogP contribution in [0.25, 0.3) is 11.3 Å². The van der Waals surface area contributed by atoms with Gasteiger partial charge in [0.2, 0.25) is 0 Å². The molecule has 0 saturated heterocycles. The van der Waals surface area contributed by atoms with Crippen LogP contribution in [-0.4, -0.2) is 18.0 Å². The highest BCUT2D eigenvalue weighted by Crippen LogP contribution is 2.39. The third-order valence-electron chi connectivity index (χ3n) is 4.20. The Labute approximate surface area is 154 Å². The molecule has 1 aromatic heterocycles. The summed E-state index contributed by atoms with van der Waals surface area (Å²) in [6, 6.07) is 12.9. The number of halogens is 1. The van der Waals surface area contributed by atoms with Gasteiger partial charge in [-0.15, -0.1) is 11.3 Å². The van der Waals surface area contributed by atoms with Gasteiger partial charge < -0.3 is 4.74 Å². The van der Waals surface area contributed by atoms with Crippen molar-refractivity contribution in [1.82, 2.24) is 4.98 Å². The van der Waals surface area contributed by atoms with Gasteiger partial charge in [-0.1, -0.05) is 23.7 Å². The normalized spacial score (nSPS) is 12.2. The summed E-state index contributed by atoms with van der Waals surface area (Å²) in [4.78, 5) is 18.2. The molecule has 0 unspecified atom stereocenters. The minimum Gasteiger partial charge on any atom is -0.497 e. The third kappa shape index (κ3) is 3.13. The second-order valence-corrected chi connectivity index (χ2v) is 7.30. The van der Waals surface area contributed by atoms with E-state index in [-0.39, 0.29) is 5.91 Å². The van der Waals surface area contributed by atoms with Gasteiger partial charge in [0, 0.05) is 21.0 Å². The maximum Gasteiger partial charge on any atom is 0.257 e. The molecule has 3 aromatic rings. The lowest BCUT2D eigenvalue weighted by Gasteiger charge is -2.15. The molecule has 1 amide bonds. The average molecular weight is 371 g/mol. The van der Waals surface area contributed by atoms with Gasteiger partial charge in [-0.25, -0.2) is 4.98 Å². The second kappa shape index (κ2) is 6.50. The fourth-order valence-corrected chi connectivity index (χ4v) is 4.11. The van der Waals surface area contributed by atoms with E-state index < -0.39 is 0 Å². The van der Waals surface area contributed by atoms with Gasteiger partial charge >= 0.3 is 0 Å². The number of benzene rings is 2. The number of fused-ring (bicyclic) bond motifs is 3. The molecular weight excluding hydrogens is 356 g/mol. The molecule has 1 aliphatic carbocycles. The average Bonchev–Trinajstić information content (AvgIpc) is 3.04. The zero-order chi connectivity index (χ0) is 17.4. The van der Waals surface area contributed by atoms with Gasteiger partial charge in [0.25, 0.3) is 5.91 Å². The third-order valence-corrected chi connectivity index (χ3v) is 5.46. The summed E-state index contributed by atoms with van der Waals surface area (Å²) in [5.74, 6) is 0.601. The fraction of sp³-hybridized carbons (Fsp3) is 0.158. The van der Waals surface area contributed by atoms with Crippen molar-refractivity contribution in [2.24, 2.45) is 0 Å². The number of thiazole rings is 1. The molecule has 4 nitrogen and oxygen atoms in total. The number of ether oxygens (including phenoxy) is 1. The molecule has 2 aromatic carbocycles. The SMILES string of the molecule is COc1ccc2c(c1)-c1nc(NC(=O)c3cccc(Cl)c3)sc1CC2. The smallest absolute Gasteiger partial charge is 0.257 e. The maximum atomic E-state index is 12.4. The van der Waals surface area contributed by atoms with Crippen molar-refractivity contribution in [2.45, 2.75) is 12.8 Å². The minimum atomic E-state index is -0.209. The first-order chi connectivity index (χ1) is 12.1. The van der Waals surface area contributed by atoms with Gasteiger partial charge in [-0.3, -0.25) is 10.1 Å². The molecular formula is C19H15ClN2O2S. The number of nitrogens with one attached hydrogen (secondary N) is 1. The molecule has 0 saturated carbocycles. The first-order valence-electron chi connectivity index (χ1n) is 7.88. The molecule has 4 rings (SSSR count). The highest BCUT2D eigenvalue weighted by Gasteiger charge is 2.22. The Hall–Kier alpha value is -2.37. The molecule has 0 bridgehead atoms. The van der Waals surface area contributed by atoms with Crippen molar-refractivity contribution in [3.05, 3.63) is 63.5 Å². The number of nitrogens with zero attached hydrogens (tertiary/aromatic N) is 1. The number of hydrogen-bond donors (Lipinski definition) is 1. The lowest BCUT2D eigenvalue weighted by Crippen LogP contribution is -2.11. The van der Waals surface area contributed by atoms with Crippen LogP contribution >= 0.6 is 22.9 Å². The van der Waals surface area contributed by atoms with Crippen molar-refractivity contribution in [2.75, 3.05) is 12.4 Å². The molecule has 25 heavy (non-hydrogen) atoms. The van der Waals surface area contributed by atoms with Crippen LogP contribution in [-0.2, 0) is 12.8 Å². The quantitative estimate of drug-likeness (QED) is 0.718. The summed E-state index contributed by atoms with van der Waals surface area (Å²) < 4.78 is 5.33. The summed E-state index contributed by atoms with van der Waals surface area (Å²) in [6.07, 6.45) is 1.90. The van der Waals surface area contributed by atoms with Crippen LogP contribution in [0, 0.1) is 0 Å². The molecule has 1 heterocycles. The monoisotopic (exact) mass is 370 g/mol. The van der Waals surface area contributed by atoms with Crippen LogP contribution < -0.4 is 10.1 Å². The number of aromatic nitrogens is 1. The highest BCUT2D eigenvalue weighted by molar-refractivity contribution is 7.16. The summed E-state index contributed by atoms with van der Waals surface area (Å²) in [6.45, 7) is 0. The van der Waals surface area contributed by atoms with Crippen molar-refractivity contribution in [3.8, 4) is 17.0 Å². The Kier molecular flexibility index (Phi) is 4.19. The number of aryl methyl sites for hydroxylation is 2. The van der Waals surface area contributed by atoms with E-state index in [2.05, 4.69) is 16.4 Å². The number of hydrogen-bond acceptors (Lipinski definition) is 4. The van der Waals surface area contributed by atoms with Crippen LogP contribution in [0.2, 0.25) is 5.02 Å². The molecule has 0 aliphatic heterocycles. The molecule has 6 heteroatoms. The first-order valence-corrected chi connectivity index (χ1v) is 9.07. The number of anilines is 1. The number of carbonyl (C=O) groups excluding carboxylic acids is 1. The molecule has 1 N–H and O–H groups in total. The number of amides is 1. The van der Waals surface area contributed by atoms with Gasteiger partial charge in [0.15, 0.2) is 5.13 Å². The van der Waals surface area contributed by atoms with Crippen LogP contribution in [0.4, 0.5) is 5.13 Å². The fourth-order valence-electron chi connectivity index (χ4n) is 2.95. The lowest BCUT2D eigenvalue weighted by molar-refractivity contribution is 0.102. The van der Waals surface area contributed by atoms with Gasteiger partial charge in [-0.2, -0.15) is 0 Å². The molecule has 1 aliphatic rings. The molecule has 0 radical (unpaired) electrons. The van der Waals surface area contributed by atoms with Gasteiger partial charge in [-0.05, 0) is 48.7 Å². The summed E-state index contributed by atoms with van der Waals surface area (Å²) in [7, 11) is 1.66. The minimum absolute atomic E-state index is 0.209. The summed E-state index contributed by atoms with van der Waals surface area (Å²) >= 11 is 7.48. The van der Waals surface area contributed by atoms with Gasteiger partial charge in [0.1, 0.15) is 5.75 Å². The predicted octanol–water partition coefficient (Wildman–Crippen LogP) is 4.82. The van der Waals surface area contributed by atoms with Crippen molar-refractivity contribution < 1.29 is 9.53 Å². The van der Waals surface area contributed by atoms with E-state index in [1.165, 1.54) is 21.8 Å². The highest BCUT2D eigenvalue weighted by atomic mass is 35.5. The van der Waals surface area contributed by atoms with Crippen molar-refractivity contribution >= 4 is 34.0 Å². The Morgan fingerprint density at radius 1 is 1.24 bits per heavy atom. The Balaban J connectivity index is 1.64. The van der Waals surface area contributed by atoms with Crippen LogP contribution in [0.5, 0.6) is 5.75 Å². The van der Waals surface area contributed by atoms with E-state index in [1.807, 2.05) is 12.1 Å². The Bertz CT molecular complexity index is 968. The standard InChI is InChI=1S/C19H15ClN2O2S/c1-24-14-7-5-11-6-8-16-17(15(11)10-14)21-19(25-16)22-18(23)12-3-2-4-13(20)9-12/h2-5,7,9-10H,6,8H2,1H3,(H,21,22,23). The summed E-state index contributed by atoms with van der Waals surface area (Å²) in [5.41, 5.74) is 3.79. The zero-order valence-electron chi connectivity index (χ0n) is 13.5. The van der Waals surface area contributed by atoms with E-state index >= 15 is 0 Å².